The predicted molar refractivity (Wildman–Crippen MR) is 147 cm³/mol. The third kappa shape index (κ3) is 5.38. The number of piperidine rings is 1. The zero-order chi connectivity index (χ0) is 26.5. The summed E-state index contributed by atoms with van der Waals surface area (Å²) in [6.07, 6.45) is 7.48. The summed E-state index contributed by atoms with van der Waals surface area (Å²) in [5.41, 5.74) is 4.87. The number of aliphatic hydroxyl groups excluding tert-OH is 1. The summed E-state index contributed by atoms with van der Waals surface area (Å²) >= 11 is 0. The minimum absolute atomic E-state index is 0.0181. The van der Waals surface area contributed by atoms with Gasteiger partial charge in [0, 0.05) is 51.4 Å². The van der Waals surface area contributed by atoms with Gasteiger partial charge in [0.2, 0.25) is 0 Å². The maximum atomic E-state index is 12.5. The molecule has 0 radical (unpaired) electrons. The van der Waals surface area contributed by atoms with Gasteiger partial charge in [0.1, 0.15) is 6.23 Å². The van der Waals surface area contributed by atoms with Gasteiger partial charge in [-0.2, -0.15) is 5.10 Å². The van der Waals surface area contributed by atoms with E-state index in [4.69, 9.17) is 10.1 Å². The standard InChI is InChI=1S/C29H42N6O2/c1-17-11-18(2)32-27(37)22(17)15-30-26(36)21-12-24(19-13-28(3,4)34-29(5,6)14-19)33-25-23(21)16-31-35(25)20-9-7-8-10-20/h11-12,16,19-20,26,30,34,36H,7-10,13-15H2,1-6H3,(H,32,37). The second-order valence-electron chi connectivity index (χ2n) is 12.6. The normalized spacial score (nSPS) is 21.1. The van der Waals surface area contributed by atoms with E-state index in [1.54, 1.807) is 0 Å². The van der Waals surface area contributed by atoms with Gasteiger partial charge in [-0.3, -0.25) is 10.1 Å². The van der Waals surface area contributed by atoms with Gasteiger partial charge < -0.3 is 15.4 Å². The number of aromatic amines is 1. The SMILES string of the molecule is Cc1cc(C)c(CNC(O)c2cc(C3CC(C)(C)NC(C)(C)C3)nc3c2cnn3C2CCCC2)c(=O)[nH]1. The Morgan fingerprint density at radius 2 is 1.81 bits per heavy atom. The van der Waals surface area contributed by atoms with Gasteiger partial charge in [0.05, 0.1) is 12.2 Å². The number of aromatic nitrogens is 4. The van der Waals surface area contributed by atoms with Crippen LogP contribution in [0.2, 0.25) is 0 Å². The van der Waals surface area contributed by atoms with Crippen LogP contribution >= 0.6 is 0 Å². The molecule has 8 heteroatoms. The number of nitrogens with one attached hydrogen (secondary N) is 3. The molecular formula is C29H42N6O2. The van der Waals surface area contributed by atoms with E-state index in [1.165, 1.54) is 12.8 Å². The molecule has 1 atom stereocenters. The van der Waals surface area contributed by atoms with E-state index in [0.717, 1.165) is 59.2 Å². The van der Waals surface area contributed by atoms with Crippen molar-refractivity contribution in [3.05, 3.63) is 56.8 Å². The van der Waals surface area contributed by atoms with Gasteiger partial charge >= 0.3 is 0 Å². The van der Waals surface area contributed by atoms with Gasteiger partial charge in [-0.25, -0.2) is 9.67 Å². The van der Waals surface area contributed by atoms with Gasteiger partial charge in [-0.05, 0) is 84.9 Å². The number of fused-ring (bicyclic) bond motifs is 1. The largest absolute Gasteiger partial charge is 0.374 e. The summed E-state index contributed by atoms with van der Waals surface area (Å²) in [4.78, 5) is 20.6. The fraction of sp³-hybridized carbons (Fsp3) is 0.621. The molecule has 1 unspecified atom stereocenters. The number of aryl methyl sites for hydroxylation is 2. The molecular weight excluding hydrogens is 464 g/mol. The zero-order valence-corrected chi connectivity index (χ0v) is 23.1. The number of pyridine rings is 2. The molecule has 5 rings (SSSR count). The summed E-state index contributed by atoms with van der Waals surface area (Å²) in [7, 11) is 0. The number of hydrogen-bond acceptors (Lipinski definition) is 6. The van der Waals surface area contributed by atoms with Crippen LogP contribution in [0.3, 0.4) is 0 Å². The molecule has 1 saturated carbocycles. The van der Waals surface area contributed by atoms with E-state index in [2.05, 4.69) is 54.1 Å². The van der Waals surface area contributed by atoms with Crippen molar-refractivity contribution in [3.8, 4) is 0 Å². The third-order valence-electron chi connectivity index (χ3n) is 8.16. The van der Waals surface area contributed by atoms with E-state index in [-0.39, 0.29) is 29.1 Å². The molecule has 3 aromatic heterocycles. The lowest BCUT2D eigenvalue weighted by molar-refractivity contribution is 0.137. The number of rotatable bonds is 6. The van der Waals surface area contributed by atoms with E-state index >= 15 is 0 Å². The molecule has 4 heterocycles. The van der Waals surface area contributed by atoms with Crippen LogP contribution in [0, 0.1) is 13.8 Å². The Hall–Kier alpha value is -2.55. The highest BCUT2D eigenvalue weighted by atomic mass is 16.3. The quantitative estimate of drug-likeness (QED) is 0.362. The van der Waals surface area contributed by atoms with Crippen LogP contribution in [-0.2, 0) is 6.54 Å². The van der Waals surface area contributed by atoms with Crippen molar-refractivity contribution in [1.82, 2.24) is 30.4 Å². The maximum Gasteiger partial charge on any atom is 0.252 e. The first-order chi connectivity index (χ1) is 17.4. The van der Waals surface area contributed by atoms with Gasteiger partial charge in [0.25, 0.3) is 5.56 Å². The topological polar surface area (TPSA) is 108 Å². The first-order valence-corrected chi connectivity index (χ1v) is 13.7. The first-order valence-electron chi connectivity index (χ1n) is 13.7. The van der Waals surface area contributed by atoms with Crippen LogP contribution in [0.25, 0.3) is 11.0 Å². The van der Waals surface area contributed by atoms with Crippen molar-refractivity contribution in [2.45, 2.75) is 116 Å². The zero-order valence-electron chi connectivity index (χ0n) is 23.1. The van der Waals surface area contributed by atoms with E-state index in [9.17, 15) is 9.90 Å². The van der Waals surface area contributed by atoms with Crippen LogP contribution in [0.1, 0.15) is 112 Å². The van der Waals surface area contributed by atoms with Crippen molar-refractivity contribution >= 4 is 11.0 Å². The summed E-state index contributed by atoms with van der Waals surface area (Å²) in [6.45, 7) is 13.1. The highest BCUT2D eigenvalue weighted by Crippen LogP contribution is 2.40. The average molecular weight is 507 g/mol. The van der Waals surface area contributed by atoms with E-state index in [1.807, 2.05) is 26.1 Å². The van der Waals surface area contributed by atoms with Crippen molar-refractivity contribution in [2.24, 2.45) is 0 Å². The van der Waals surface area contributed by atoms with Crippen LogP contribution in [0.15, 0.2) is 23.1 Å². The molecule has 200 valence electrons. The molecule has 0 aromatic carbocycles. The minimum Gasteiger partial charge on any atom is -0.374 e. The molecule has 0 amide bonds. The summed E-state index contributed by atoms with van der Waals surface area (Å²) < 4.78 is 2.09. The number of H-pyrrole nitrogens is 1. The summed E-state index contributed by atoms with van der Waals surface area (Å²) in [5.74, 6) is 0.260. The highest BCUT2D eigenvalue weighted by molar-refractivity contribution is 5.79. The average Bonchev–Trinajstić information content (AvgIpc) is 3.45. The molecule has 1 saturated heterocycles. The summed E-state index contributed by atoms with van der Waals surface area (Å²) in [6, 6.07) is 4.38. The molecule has 0 bridgehead atoms. The van der Waals surface area contributed by atoms with Crippen LogP contribution in [-0.4, -0.2) is 35.9 Å². The lowest BCUT2D eigenvalue weighted by Gasteiger charge is -2.46. The van der Waals surface area contributed by atoms with Gasteiger partial charge in [-0.15, -0.1) is 0 Å². The van der Waals surface area contributed by atoms with Crippen molar-refractivity contribution < 1.29 is 5.11 Å². The smallest absolute Gasteiger partial charge is 0.252 e. The van der Waals surface area contributed by atoms with Crippen molar-refractivity contribution in [1.29, 1.82) is 0 Å². The molecule has 4 N–H and O–H groups in total. The third-order valence-corrected chi connectivity index (χ3v) is 8.16. The Bertz CT molecular complexity index is 1330. The molecule has 2 fully saturated rings. The molecule has 0 spiro atoms. The Balaban J connectivity index is 1.54. The lowest BCUT2D eigenvalue weighted by atomic mass is 9.74. The number of aliphatic hydroxyl groups is 1. The fourth-order valence-electron chi connectivity index (χ4n) is 6.86. The summed E-state index contributed by atoms with van der Waals surface area (Å²) in [5, 5.41) is 24.0. The number of hydrogen-bond donors (Lipinski definition) is 4. The fourth-order valence-corrected chi connectivity index (χ4v) is 6.86. The van der Waals surface area contributed by atoms with E-state index in [0.29, 0.717) is 11.6 Å². The van der Waals surface area contributed by atoms with Gasteiger partial charge in [-0.1, -0.05) is 12.8 Å². The second kappa shape index (κ2) is 9.64. The first kappa shape index (κ1) is 26.1. The predicted octanol–water partition coefficient (Wildman–Crippen LogP) is 4.66. The maximum absolute atomic E-state index is 12.5. The molecule has 8 nitrogen and oxygen atoms in total. The van der Waals surface area contributed by atoms with Gasteiger partial charge in [0.15, 0.2) is 5.65 Å². The molecule has 1 aliphatic carbocycles. The highest BCUT2D eigenvalue weighted by Gasteiger charge is 2.39. The monoisotopic (exact) mass is 506 g/mol. The van der Waals surface area contributed by atoms with Crippen molar-refractivity contribution in [3.63, 3.8) is 0 Å². The van der Waals surface area contributed by atoms with Crippen molar-refractivity contribution in [2.75, 3.05) is 0 Å². The minimum atomic E-state index is -0.951. The molecule has 2 aliphatic rings. The van der Waals surface area contributed by atoms with Crippen LogP contribution in [0.4, 0.5) is 0 Å². The second-order valence-corrected chi connectivity index (χ2v) is 12.6. The van der Waals surface area contributed by atoms with Crippen LogP contribution in [0.5, 0.6) is 0 Å². The Morgan fingerprint density at radius 1 is 1.14 bits per heavy atom. The molecule has 37 heavy (non-hydrogen) atoms. The van der Waals surface area contributed by atoms with Crippen LogP contribution < -0.4 is 16.2 Å². The Labute approximate surface area is 219 Å². The lowest BCUT2D eigenvalue weighted by Crippen LogP contribution is -2.57. The Morgan fingerprint density at radius 3 is 2.46 bits per heavy atom. The number of nitrogens with zero attached hydrogens (tertiary/aromatic N) is 3. The van der Waals surface area contributed by atoms with E-state index < -0.39 is 6.23 Å². The molecule has 1 aliphatic heterocycles. The Kier molecular flexibility index (Phi) is 6.79. The molecule has 3 aromatic rings.